The normalized spacial score (nSPS) is 28.9. The molecule has 90 valence electrons. The molecule has 1 aromatic rings. The van der Waals surface area contributed by atoms with Gasteiger partial charge in [-0.1, -0.05) is 36.0 Å². The first kappa shape index (κ1) is 11.4. The van der Waals surface area contributed by atoms with E-state index < -0.39 is 0 Å². The van der Waals surface area contributed by atoms with Crippen molar-refractivity contribution in [2.75, 3.05) is 6.54 Å². The van der Waals surface area contributed by atoms with Gasteiger partial charge in [0.25, 0.3) is 0 Å². The Morgan fingerprint density at radius 1 is 1.24 bits per heavy atom. The van der Waals surface area contributed by atoms with Crippen LogP contribution in [0.2, 0.25) is 0 Å². The first-order valence-electron chi connectivity index (χ1n) is 6.52. The van der Waals surface area contributed by atoms with Gasteiger partial charge >= 0.3 is 0 Å². The molecule has 17 heavy (non-hydrogen) atoms. The highest BCUT2D eigenvalue weighted by atomic mass is 32.2. The molecular formula is C15H19NS. The van der Waals surface area contributed by atoms with E-state index in [-0.39, 0.29) is 0 Å². The van der Waals surface area contributed by atoms with Crippen LogP contribution < -0.4 is 0 Å². The average Bonchev–Trinajstić information content (AvgIpc) is 2.79. The van der Waals surface area contributed by atoms with Crippen molar-refractivity contribution in [3.63, 3.8) is 0 Å². The van der Waals surface area contributed by atoms with Gasteiger partial charge in [0.1, 0.15) is 0 Å². The summed E-state index contributed by atoms with van der Waals surface area (Å²) in [4.78, 5) is 5.60. The monoisotopic (exact) mass is 245 g/mol. The molecule has 1 fully saturated rings. The summed E-state index contributed by atoms with van der Waals surface area (Å²) in [7, 11) is 0. The van der Waals surface area contributed by atoms with Crippen LogP contribution in [-0.4, -0.2) is 23.5 Å². The molecule has 2 aliphatic rings. The molecule has 1 aromatic carbocycles. The fourth-order valence-electron chi connectivity index (χ4n) is 2.99. The van der Waals surface area contributed by atoms with Crippen LogP contribution >= 0.6 is 11.8 Å². The quantitative estimate of drug-likeness (QED) is 0.777. The van der Waals surface area contributed by atoms with Crippen LogP contribution in [-0.2, 0) is 0 Å². The summed E-state index contributed by atoms with van der Waals surface area (Å²) in [6.07, 6.45) is 6.48. The van der Waals surface area contributed by atoms with Gasteiger partial charge < -0.3 is 0 Å². The molecule has 2 aliphatic heterocycles. The van der Waals surface area contributed by atoms with Crippen LogP contribution in [0, 0.1) is 0 Å². The van der Waals surface area contributed by atoms with Crippen LogP contribution in [0.5, 0.6) is 0 Å². The predicted molar refractivity (Wildman–Crippen MR) is 74.2 cm³/mol. The highest BCUT2D eigenvalue weighted by Gasteiger charge is 2.31. The summed E-state index contributed by atoms with van der Waals surface area (Å²) in [6, 6.07) is 12.2. The van der Waals surface area contributed by atoms with Crippen LogP contribution in [0.25, 0.3) is 0 Å². The third-order valence-electron chi connectivity index (χ3n) is 3.80. The Morgan fingerprint density at radius 3 is 2.88 bits per heavy atom. The van der Waals surface area contributed by atoms with Gasteiger partial charge in [-0.05, 0) is 49.8 Å². The first-order valence-corrected chi connectivity index (χ1v) is 7.34. The zero-order valence-electron chi connectivity index (χ0n) is 10.3. The second-order valence-corrected chi connectivity index (χ2v) is 6.23. The van der Waals surface area contributed by atoms with Crippen molar-refractivity contribution < 1.29 is 0 Å². The van der Waals surface area contributed by atoms with Gasteiger partial charge in [0.2, 0.25) is 0 Å². The van der Waals surface area contributed by atoms with Crippen LogP contribution in [0.3, 0.4) is 0 Å². The Balaban J connectivity index is 1.74. The highest BCUT2D eigenvalue weighted by Crippen LogP contribution is 2.38. The molecule has 0 aliphatic carbocycles. The summed E-state index contributed by atoms with van der Waals surface area (Å²) < 4.78 is 0. The van der Waals surface area contributed by atoms with E-state index in [0.29, 0.717) is 6.04 Å². The Kier molecular flexibility index (Phi) is 3.26. The molecule has 0 aromatic heterocycles. The molecular weight excluding hydrogens is 226 g/mol. The minimum Gasteiger partial charge on any atom is -0.294 e. The number of hydrogen-bond acceptors (Lipinski definition) is 2. The highest BCUT2D eigenvalue weighted by molar-refractivity contribution is 8.03. The van der Waals surface area contributed by atoms with Gasteiger partial charge in [0.05, 0.1) is 0 Å². The van der Waals surface area contributed by atoms with E-state index in [1.54, 1.807) is 4.91 Å². The van der Waals surface area contributed by atoms with Gasteiger partial charge in [0.15, 0.2) is 0 Å². The number of thioether (sulfide) groups is 1. The Labute approximate surface area is 108 Å². The van der Waals surface area contributed by atoms with Crippen molar-refractivity contribution >= 4 is 11.8 Å². The van der Waals surface area contributed by atoms with Crippen LogP contribution in [0.1, 0.15) is 26.2 Å². The number of rotatable bonds is 2. The van der Waals surface area contributed by atoms with Crippen molar-refractivity contribution in [2.24, 2.45) is 0 Å². The topological polar surface area (TPSA) is 3.24 Å². The molecule has 0 unspecified atom stereocenters. The van der Waals surface area contributed by atoms with E-state index in [0.717, 1.165) is 6.04 Å². The molecule has 3 rings (SSSR count). The maximum absolute atomic E-state index is 2.66. The van der Waals surface area contributed by atoms with Gasteiger partial charge in [0, 0.05) is 17.0 Å². The van der Waals surface area contributed by atoms with Crippen molar-refractivity contribution in [3.8, 4) is 0 Å². The molecule has 1 saturated heterocycles. The fourth-order valence-corrected chi connectivity index (χ4v) is 4.13. The van der Waals surface area contributed by atoms with E-state index in [1.807, 2.05) is 11.8 Å². The third-order valence-corrected chi connectivity index (χ3v) is 4.87. The van der Waals surface area contributed by atoms with Gasteiger partial charge in [-0.2, -0.15) is 0 Å². The second kappa shape index (κ2) is 4.87. The minimum absolute atomic E-state index is 0.627. The molecule has 0 radical (unpaired) electrons. The molecule has 0 N–H and O–H groups in total. The van der Waals surface area contributed by atoms with Gasteiger partial charge in [-0.25, -0.2) is 0 Å². The lowest BCUT2D eigenvalue weighted by Crippen LogP contribution is -2.39. The van der Waals surface area contributed by atoms with Crippen molar-refractivity contribution in [3.05, 3.63) is 41.3 Å². The van der Waals surface area contributed by atoms with Crippen LogP contribution in [0.15, 0.2) is 46.2 Å². The molecule has 0 spiro atoms. The molecule has 2 heteroatoms. The zero-order chi connectivity index (χ0) is 11.7. The van der Waals surface area contributed by atoms with Gasteiger partial charge in [-0.15, -0.1) is 0 Å². The van der Waals surface area contributed by atoms with Crippen LogP contribution in [0.4, 0.5) is 0 Å². The maximum atomic E-state index is 2.66. The number of fused-ring (bicyclic) bond motifs is 1. The zero-order valence-corrected chi connectivity index (χ0v) is 11.1. The molecule has 2 atom stereocenters. The summed E-state index contributed by atoms with van der Waals surface area (Å²) >= 11 is 1.95. The molecule has 0 bridgehead atoms. The number of hydrogen-bond donors (Lipinski definition) is 0. The van der Waals surface area contributed by atoms with E-state index in [1.165, 1.54) is 30.7 Å². The minimum atomic E-state index is 0.627. The number of nitrogens with zero attached hydrogens (tertiary/aromatic N) is 1. The maximum Gasteiger partial charge on any atom is 0.0263 e. The lowest BCUT2D eigenvalue weighted by molar-refractivity contribution is 0.210. The van der Waals surface area contributed by atoms with Crippen molar-refractivity contribution in [1.82, 2.24) is 4.90 Å². The average molecular weight is 245 g/mol. The fraction of sp³-hybridized carbons (Fsp3) is 0.467. The SMILES string of the molecule is C[C@H]1C=C(Sc2ccccc2)C[C@H]2CCCN21. The van der Waals surface area contributed by atoms with Crippen molar-refractivity contribution in [2.45, 2.75) is 43.2 Å². The summed E-state index contributed by atoms with van der Waals surface area (Å²) in [6.45, 7) is 3.63. The van der Waals surface area contributed by atoms with E-state index >= 15 is 0 Å². The van der Waals surface area contributed by atoms with E-state index in [2.05, 4.69) is 48.2 Å². The lowest BCUT2D eigenvalue weighted by Gasteiger charge is -2.34. The summed E-state index contributed by atoms with van der Waals surface area (Å²) in [5, 5.41) is 0. The standard InChI is InChI=1S/C15H19NS/c1-12-10-15(11-13-6-5-9-16(12)13)17-14-7-3-2-4-8-14/h2-4,7-8,10,12-13H,5-6,9,11H2,1H3/t12-,13+/m0/s1. The van der Waals surface area contributed by atoms with Gasteiger partial charge in [-0.3, -0.25) is 4.90 Å². The third kappa shape index (κ3) is 2.43. The number of benzene rings is 1. The van der Waals surface area contributed by atoms with E-state index in [4.69, 9.17) is 0 Å². The van der Waals surface area contributed by atoms with Crippen molar-refractivity contribution in [1.29, 1.82) is 0 Å². The van der Waals surface area contributed by atoms with E-state index in [9.17, 15) is 0 Å². The summed E-state index contributed by atoms with van der Waals surface area (Å²) in [5.41, 5.74) is 0. The second-order valence-electron chi connectivity index (χ2n) is 5.03. The summed E-state index contributed by atoms with van der Waals surface area (Å²) in [5.74, 6) is 0. The molecule has 1 nitrogen and oxygen atoms in total. The molecule has 2 heterocycles. The lowest BCUT2D eigenvalue weighted by atomic mass is 10.0. The Morgan fingerprint density at radius 2 is 2.06 bits per heavy atom. The molecule has 0 saturated carbocycles. The molecule has 0 amide bonds. The largest absolute Gasteiger partial charge is 0.294 e. The predicted octanol–water partition coefficient (Wildman–Crippen LogP) is 3.92. The Hall–Kier alpha value is -0.730. The smallest absolute Gasteiger partial charge is 0.0263 e. The Bertz CT molecular complexity index is 412. The first-order chi connectivity index (χ1) is 8.33.